The molecule has 2 heterocycles. The van der Waals surface area contributed by atoms with E-state index in [2.05, 4.69) is 11.4 Å². The maximum Gasteiger partial charge on any atom is 0.228 e. The van der Waals surface area contributed by atoms with Crippen LogP contribution >= 0.6 is 0 Å². The summed E-state index contributed by atoms with van der Waals surface area (Å²) in [6, 6.07) is 8.01. The van der Waals surface area contributed by atoms with Gasteiger partial charge in [-0.1, -0.05) is 12.1 Å². The summed E-state index contributed by atoms with van der Waals surface area (Å²) in [6.07, 6.45) is 1.51. The van der Waals surface area contributed by atoms with E-state index in [1.165, 1.54) is 0 Å². The van der Waals surface area contributed by atoms with Gasteiger partial charge >= 0.3 is 0 Å². The van der Waals surface area contributed by atoms with Crippen LogP contribution in [-0.4, -0.2) is 23.3 Å². The van der Waals surface area contributed by atoms with Crippen LogP contribution in [0.4, 0.5) is 5.69 Å². The van der Waals surface area contributed by atoms with E-state index in [0.717, 1.165) is 16.8 Å². The van der Waals surface area contributed by atoms with Crippen LogP contribution in [-0.2, 0) is 22.6 Å². The van der Waals surface area contributed by atoms with Gasteiger partial charge in [0.15, 0.2) is 0 Å². The summed E-state index contributed by atoms with van der Waals surface area (Å²) in [4.78, 5) is 25.0. The summed E-state index contributed by atoms with van der Waals surface area (Å²) in [6.45, 7) is 1.02. The molecule has 0 spiro atoms. The molecular formula is C15H15N3O2. The Morgan fingerprint density at radius 3 is 3.05 bits per heavy atom. The van der Waals surface area contributed by atoms with E-state index in [1.807, 2.05) is 18.2 Å². The highest BCUT2D eigenvalue weighted by atomic mass is 16.2. The Hall–Kier alpha value is -2.35. The predicted molar refractivity (Wildman–Crippen MR) is 72.5 cm³/mol. The van der Waals surface area contributed by atoms with Crippen molar-refractivity contribution in [2.24, 2.45) is 5.92 Å². The van der Waals surface area contributed by atoms with Crippen LogP contribution in [0.15, 0.2) is 18.2 Å². The van der Waals surface area contributed by atoms with Crippen molar-refractivity contribution >= 4 is 17.5 Å². The van der Waals surface area contributed by atoms with Gasteiger partial charge in [0.1, 0.15) is 0 Å². The monoisotopic (exact) mass is 269 g/mol. The third-order valence-corrected chi connectivity index (χ3v) is 3.85. The molecule has 5 heteroatoms. The number of amides is 2. The zero-order valence-corrected chi connectivity index (χ0v) is 11.1. The number of nitrogens with zero attached hydrogens (tertiary/aromatic N) is 2. The van der Waals surface area contributed by atoms with Crippen molar-refractivity contribution in [1.29, 1.82) is 5.26 Å². The normalized spacial score (nSPS) is 21.4. The minimum atomic E-state index is -0.0645. The topological polar surface area (TPSA) is 73.2 Å². The van der Waals surface area contributed by atoms with E-state index >= 15 is 0 Å². The number of anilines is 1. The highest BCUT2D eigenvalue weighted by molar-refractivity contribution is 5.99. The molecule has 3 rings (SSSR count). The second kappa shape index (κ2) is 4.97. The summed E-state index contributed by atoms with van der Waals surface area (Å²) in [5.74, 6) is 0.0484. The van der Waals surface area contributed by atoms with Gasteiger partial charge in [-0.05, 0) is 23.6 Å². The van der Waals surface area contributed by atoms with Crippen molar-refractivity contribution < 1.29 is 9.59 Å². The van der Waals surface area contributed by atoms with Crippen LogP contribution in [0.2, 0.25) is 0 Å². The van der Waals surface area contributed by atoms with Crippen molar-refractivity contribution in [3.63, 3.8) is 0 Å². The van der Waals surface area contributed by atoms with Crippen molar-refractivity contribution in [3.8, 4) is 6.07 Å². The van der Waals surface area contributed by atoms with Crippen LogP contribution in [0.3, 0.4) is 0 Å². The largest absolute Gasteiger partial charge is 0.337 e. The fraction of sp³-hybridized carbons (Fsp3) is 0.400. The molecule has 1 aromatic rings. The lowest BCUT2D eigenvalue weighted by Crippen LogP contribution is -2.38. The van der Waals surface area contributed by atoms with Gasteiger partial charge in [0.2, 0.25) is 11.8 Å². The Balaban J connectivity index is 1.75. The van der Waals surface area contributed by atoms with Gasteiger partial charge in [-0.25, -0.2) is 0 Å². The molecule has 0 radical (unpaired) electrons. The zero-order chi connectivity index (χ0) is 14.1. The van der Waals surface area contributed by atoms with Crippen LogP contribution in [0.5, 0.6) is 0 Å². The standard InChI is InChI=1S/C15H15N3O2/c16-7-11-2-4-15(20)18(9-11)8-10-1-3-13-12(5-10)6-14(19)17-13/h1,3,5,11H,2,4,6,8-9H2,(H,17,19). The number of nitrogens with one attached hydrogen (secondary N) is 1. The molecule has 2 aliphatic heterocycles. The van der Waals surface area contributed by atoms with Gasteiger partial charge in [0, 0.05) is 25.2 Å². The first-order valence-corrected chi connectivity index (χ1v) is 6.75. The molecule has 1 N–H and O–H groups in total. The predicted octanol–water partition coefficient (Wildman–Crippen LogP) is 1.44. The third-order valence-electron chi connectivity index (χ3n) is 3.85. The highest BCUT2D eigenvalue weighted by Crippen LogP contribution is 2.25. The van der Waals surface area contributed by atoms with Gasteiger partial charge in [0.25, 0.3) is 0 Å². The van der Waals surface area contributed by atoms with Gasteiger partial charge < -0.3 is 10.2 Å². The van der Waals surface area contributed by atoms with Crippen LogP contribution in [0, 0.1) is 17.2 Å². The zero-order valence-electron chi connectivity index (χ0n) is 11.1. The highest BCUT2D eigenvalue weighted by Gasteiger charge is 2.26. The Morgan fingerprint density at radius 2 is 2.25 bits per heavy atom. The Morgan fingerprint density at radius 1 is 1.40 bits per heavy atom. The number of benzene rings is 1. The smallest absolute Gasteiger partial charge is 0.228 e. The molecule has 5 nitrogen and oxygen atoms in total. The van der Waals surface area contributed by atoms with Gasteiger partial charge in [0.05, 0.1) is 18.4 Å². The number of hydrogen-bond donors (Lipinski definition) is 1. The molecule has 102 valence electrons. The van der Waals surface area contributed by atoms with Crippen LogP contribution < -0.4 is 5.32 Å². The van der Waals surface area contributed by atoms with E-state index in [1.54, 1.807) is 4.90 Å². The maximum absolute atomic E-state index is 11.9. The van der Waals surface area contributed by atoms with Gasteiger partial charge in [-0.3, -0.25) is 9.59 Å². The molecular weight excluding hydrogens is 254 g/mol. The number of fused-ring (bicyclic) bond motifs is 1. The molecule has 1 aromatic carbocycles. The van der Waals surface area contributed by atoms with E-state index in [0.29, 0.717) is 32.4 Å². The molecule has 0 saturated carbocycles. The summed E-state index contributed by atoms with van der Waals surface area (Å²) >= 11 is 0. The summed E-state index contributed by atoms with van der Waals surface area (Å²) in [7, 11) is 0. The number of piperidine rings is 1. The fourth-order valence-electron chi connectivity index (χ4n) is 2.77. The number of hydrogen-bond acceptors (Lipinski definition) is 3. The van der Waals surface area contributed by atoms with Crippen molar-refractivity contribution in [2.45, 2.75) is 25.8 Å². The lowest BCUT2D eigenvalue weighted by Gasteiger charge is -2.29. The summed E-state index contributed by atoms with van der Waals surface area (Å²) < 4.78 is 0. The molecule has 2 aliphatic rings. The number of rotatable bonds is 2. The molecule has 0 aromatic heterocycles. The van der Waals surface area contributed by atoms with Crippen LogP contribution in [0.25, 0.3) is 0 Å². The number of carbonyl (C=O) groups excluding carboxylic acids is 2. The Kier molecular flexibility index (Phi) is 3.15. The molecule has 1 atom stereocenters. The first-order valence-electron chi connectivity index (χ1n) is 6.75. The minimum absolute atomic E-state index is 0.00995. The average Bonchev–Trinajstić information content (AvgIpc) is 2.80. The van der Waals surface area contributed by atoms with Gasteiger partial charge in [-0.2, -0.15) is 5.26 Å². The lowest BCUT2D eigenvalue weighted by atomic mass is 9.98. The van der Waals surface area contributed by atoms with E-state index < -0.39 is 0 Å². The van der Waals surface area contributed by atoms with Crippen molar-refractivity contribution in [1.82, 2.24) is 4.90 Å². The first-order chi connectivity index (χ1) is 9.65. The van der Waals surface area contributed by atoms with E-state index in [4.69, 9.17) is 5.26 Å². The van der Waals surface area contributed by atoms with Gasteiger partial charge in [-0.15, -0.1) is 0 Å². The lowest BCUT2D eigenvalue weighted by molar-refractivity contribution is -0.134. The average molecular weight is 269 g/mol. The second-order valence-electron chi connectivity index (χ2n) is 5.36. The number of nitriles is 1. The molecule has 20 heavy (non-hydrogen) atoms. The first kappa shape index (κ1) is 12.7. The van der Waals surface area contributed by atoms with E-state index in [9.17, 15) is 9.59 Å². The fourth-order valence-corrected chi connectivity index (χ4v) is 2.77. The molecule has 0 aliphatic carbocycles. The summed E-state index contributed by atoms with van der Waals surface area (Å²) in [5, 5.41) is 11.8. The molecule has 0 bridgehead atoms. The third kappa shape index (κ3) is 2.37. The summed E-state index contributed by atoms with van der Waals surface area (Å²) in [5.41, 5.74) is 2.85. The molecule has 1 saturated heterocycles. The second-order valence-corrected chi connectivity index (χ2v) is 5.36. The SMILES string of the molecule is N#CC1CCC(=O)N(Cc2ccc3c(c2)CC(=O)N3)C1. The quantitative estimate of drug-likeness (QED) is 0.883. The number of carbonyl (C=O) groups is 2. The van der Waals surface area contributed by atoms with Crippen molar-refractivity contribution in [3.05, 3.63) is 29.3 Å². The molecule has 1 fully saturated rings. The Labute approximate surface area is 117 Å². The van der Waals surface area contributed by atoms with Crippen LogP contribution in [0.1, 0.15) is 24.0 Å². The van der Waals surface area contributed by atoms with Crippen molar-refractivity contribution in [2.75, 3.05) is 11.9 Å². The minimum Gasteiger partial charge on any atom is -0.337 e. The number of likely N-dealkylation sites (tertiary alicyclic amines) is 1. The van der Waals surface area contributed by atoms with E-state index in [-0.39, 0.29) is 17.7 Å². The molecule has 1 unspecified atom stereocenters. The maximum atomic E-state index is 11.9. The Bertz CT molecular complexity index is 618. The molecule has 2 amide bonds.